The minimum Gasteiger partial charge on any atom is -0.353 e. The summed E-state index contributed by atoms with van der Waals surface area (Å²) in [6.07, 6.45) is -4.42. The van der Waals surface area contributed by atoms with Gasteiger partial charge in [-0.1, -0.05) is 12.1 Å². The van der Waals surface area contributed by atoms with Gasteiger partial charge >= 0.3 is 12.2 Å². The molecule has 2 heterocycles. The predicted molar refractivity (Wildman–Crippen MR) is 105 cm³/mol. The van der Waals surface area contributed by atoms with E-state index in [4.69, 9.17) is 0 Å². The lowest BCUT2D eigenvalue weighted by Crippen LogP contribution is -2.51. The van der Waals surface area contributed by atoms with Crippen LogP contribution in [0.5, 0.6) is 0 Å². The maximum Gasteiger partial charge on any atom is 0.416 e. The highest BCUT2D eigenvalue weighted by Crippen LogP contribution is 2.32. The summed E-state index contributed by atoms with van der Waals surface area (Å²) in [6.45, 7) is 6.02. The molecule has 1 fully saturated rings. The van der Waals surface area contributed by atoms with Crippen molar-refractivity contribution >= 4 is 11.8 Å². The Hall–Kier alpha value is -2.84. The molecule has 0 spiro atoms. The molecule has 1 aromatic heterocycles. The third-order valence-electron chi connectivity index (χ3n) is 5.04. The van der Waals surface area contributed by atoms with E-state index in [1.807, 2.05) is 13.8 Å². The van der Waals surface area contributed by atoms with Gasteiger partial charge in [0.15, 0.2) is 5.82 Å². The molecular weight excluding hydrogens is 383 g/mol. The van der Waals surface area contributed by atoms with Crippen molar-refractivity contribution in [3.05, 3.63) is 41.1 Å². The van der Waals surface area contributed by atoms with Gasteiger partial charge in [-0.2, -0.15) is 13.2 Å². The van der Waals surface area contributed by atoms with Crippen LogP contribution in [-0.4, -0.2) is 66.1 Å². The zero-order valence-electron chi connectivity index (χ0n) is 16.9. The molecule has 0 unspecified atom stereocenters. The number of carbonyl (C=O) groups is 1. The normalized spacial score (nSPS) is 14.9. The molecule has 3 rings (SSSR count). The van der Waals surface area contributed by atoms with Crippen molar-refractivity contribution in [3.8, 4) is 11.4 Å². The highest BCUT2D eigenvalue weighted by molar-refractivity contribution is 5.74. The van der Waals surface area contributed by atoms with Gasteiger partial charge in [0.2, 0.25) is 0 Å². The quantitative estimate of drug-likeness (QED) is 0.764. The SMILES string of the molecule is Cc1nc(-c2cccc(C(F)(F)F)c2)nc(N2CCN(C(=O)N(C)C)CC2)c1C. The number of alkyl halides is 3. The number of urea groups is 1. The van der Waals surface area contributed by atoms with Crippen molar-refractivity contribution < 1.29 is 18.0 Å². The Bertz CT molecular complexity index is 905. The Morgan fingerprint density at radius 3 is 2.31 bits per heavy atom. The molecule has 1 aromatic carbocycles. The lowest BCUT2D eigenvalue weighted by atomic mass is 10.1. The number of halogens is 3. The molecule has 0 N–H and O–H groups in total. The molecule has 0 bridgehead atoms. The van der Waals surface area contributed by atoms with Gasteiger partial charge < -0.3 is 14.7 Å². The van der Waals surface area contributed by atoms with Crippen LogP contribution < -0.4 is 4.90 Å². The van der Waals surface area contributed by atoms with E-state index in [0.717, 1.165) is 17.7 Å². The molecule has 0 atom stereocenters. The number of aromatic nitrogens is 2. The van der Waals surface area contributed by atoms with Crippen LogP contribution in [0.3, 0.4) is 0 Å². The molecule has 0 aliphatic carbocycles. The minimum atomic E-state index is -4.42. The first kappa shape index (κ1) is 20.9. The number of piperazine rings is 1. The summed E-state index contributed by atoms with van der Waals surface area (Å²) in [5, 5.41) is 0. The molecular formula is C20H24F3N5O. The average Bonchev–Trinajstić information content (AvgIpc) is 2.69. The van der Waals surface area contributed by atoms with Crippen LogP contribution in [0.1, 0.15) is 16.8 Å². The monoisotopic (exact) mass is 407 g/mol. The second kappa shape index (κ2) is 7.88. The first-order valence-electron chi connectivity index (χ1n) is 9.32. The summed E-state index contributed by atoms with van der Waals surface area (Å²) in [6, 6.07) is 5.01. The number of benzene rings is 1. The highest BCUT2D eigenvalue weighted by atomic mass is 19.4. The Balaban J connectivity index is 1.89. The fourth-order valence-corrected chi connectivity index (χ4v) is 3.28. The zero-order valence-corrected chi connectivity index (χ0v) is 16.9. The van der Waals surface area contributed by atoms with Crippen LogP contribution in [0.15, 0.2) is 24.3 Å². The topological polar surface area (TPSA) is 52.6 Å². The number of nitrogens with zero attached hydrogens (tertiary/aromatic N) is 5. The van der Waals surface area contributed by atoms with Crippen molar-refractivity contribution in [1.29, 1.82) is 0 Å². The molecule has 2 amide bonds. The van der Waals surface area contributed by atoms with Gasteiger partial charge in [0.25, 0.3) is 0 Å². The highest BCUT2D eigenvalue weighted by Gasteiger charge is 2.31. The molecule has 0 saturated carbocycles. The van der Waals surface area contributed by atoms with E-state index in [-0.39, 0.29) is 11.9 Å². The second-order valence-corrected chi connectivity index (χ2v) is 7.31. The van der Waals surface area contributed by atoms with Crippen LogP contribution in [0.2, 0.25) is 0 Å². The molecule has 156 valence electrons. The fraction of sp³-hybridized carbons (Fsp3) is 0.450. The third kappa shape index (κ3) is 4.44. The fourth-order valence-electron chi connectivity index (χ4n) is 3.28. The number of carbonyl (C=O) groups excluding carboxylic acids is 1. The summed E-state index contributed by atoms with van der Waals surface area (Å²) in [7, 11) is 3.43. The number of hydrogen-bond donors (Lipinski definition) is 0. The molecule has 1 aliphatic heterocycles. The summed E-state index contributed by atoms with van der Waals surface area (Å²) in [5.74, 6) is 0.961. The number of rotatable bonds is 2. The van der Waals surface area contributed by atoms with Crippen molar-refractivity contribution in [3.63, 3.8) is 0 Å². The largest absolute Gasteiger partial charge is 0.416 e. The van der Waals surface area contributed by atoms with Crippen LogP contribution >= 0.6 is 0 Å². The standard InChI is InChI=1S/C20H24F3N5O/c1-13-14(2)24-17(15-6-5-7-16(12-15)20(21,22)23)25-18(13)27-8-10-28(11-9-27)19(29)26(3)4/h5-7,12H,8-11H2,1-4H3. The Labute approximate surface area is 168 Å². The van der Waals surface area contributed by atoms with Gasteiger partial charge in [0.1, 0.15) is 5.82 Å². The van der Waals surface area contributed by atoms with Gasteiger partial charge in [0, 0.05) is 57.1 Å². The molecule has 6 nitrogen and oxygen atoms in total. The Morgan fingerprint density at radius 2 is 1.72 bits per heavy atom. The first-order chi connectivity index (χ1) is 13.6. The minimum absolute atomic E-state index is 0.0371. The maximum absolute atomic E-state index is 13.1. The average molecular weight is 407 g/mol. The molecule has 2 aromatic rings. The molecule has 9 heteroatoms. The van der Waals surface area contributed by atoms with E-state index in [2.05, 4.69) is 14.9 Å². The smallest absolute Gasteiger partial charge is 0.353 e. The zero-order chi connectivity index (χ0) is 21.3. The van der Waals surface area contributed by atoms with E-state index in [0.29, 0.717) is 43.3 Å². The lowest BCUT2D eigenvalue weighted by Gasteiger charge is -2.37. The molecule has 29 heavy (non-hydrogen) atoms. The molecule has 1 saturated heterocycles. The summed E-state index contributed by atoms with van der Waals surface area (Å²) in [5.41, 5.74) is 1.20. The third-order valence-corrected chi connectivity index (χ3v) is 5.04. The van der Waals surface area contributed by atoms with E-state index >= 15 is 0 Å². The number of hydrogen-bond acceptors (Lipinski definition) is 4. The number of anilines is 1. The van der Waals surface area contributed by atoms with E-state index in [1.165, 1.54) is 6.07 Å². The van der Waals surface area contributed by atoms with E-state index in [1.54, 1.807) is 30.0 Å². The maximum atomic E-state index is 13.1. The summed E-state index contributed by atoms with van der Waals surface area (Å²) in [4.78, 5) is 26.5. The van der Waals surface area contributed by atoms with Crippen molar-refractivity contribution in [1.82, 2.24) is 19.8 Å². The van der Waals surface area contributed by atoms with Gasteiger partial charge in [-0.3, -0.25) is 0 Å². The van der Waals surface area contributed by atoms with Gasteiger partial charge in [0.05, 0.1) is 5.56 Å². The van der Waals surface area contributed by atoms with Gasteiger partial charge in [-0.25, -0.2) is 14.8 Å². The molecule has 1 aliphatic rings. The van der Waals surface area contributed by atoms with Gasteiger partial charge in [-0.05, 0) is 26.0 Å². The Kier molecular flexibility index (Phi) is 5.68. The van der Waals surface area contributed by atoms with E-state index in [9.17, 15) is 18.0 Å². The summed E-state index contributed by atoms with van der Waals surface area (Å²) >= 11 is 0. The number of aryl methyl sites for hydroxylation is 1. The van der Waals surface area contributed by atoms with Crippen molar-refractivity contribution in [2.24, 2.45) is 0 Å². The first-order valence-corrected chi connectivity index (χ1v) is 9.32. The van der Waals surface area contributed by atoms with Crippen LogP contribution in [0.4, 0.5) is 23.8 Å². The predicted octanol–water partition coefficient (Wildman–Crippen LogP) is 3.58. The van der Waals surface area contributed by atoms with Crippen LogP contribution in [0.25, 0.3) is 11.4 Å². The lowest BCUT2D eigenvalue weighted by molar-refractivity contribution is -0.137. The van der Waals surface area contributed by atoms with Gasteiger partial charge in [-0.15, -0.1) is 0 Å². The van der Waals surface area contributed by atoms with Crippen LogP contribution in [0, 0.1) is 13.8 Å². The Morgan fingerprint density at radius 1 is 1.07 bits per heavy atom. The second-order valence-electron chi connectivity index (χ2n) is 7.31. The molecule has 0 radical (unpaired) electrons. The van der Waals surface area contributed by atoms with Crippen LogP contribution in [-0.2, 0) is 6.18 Å². The van der Waals surface area contributed by atoms with Crippen molar-refractivity contribution in [2.75, 3.05) is 45.2 Å². The number of amides is 2. The summed E-state index contributed by atoms with van der Waals surface area (Å²) < 4.78 is 39.2. The van der Waals surface area contributed by atoms with E-state index < -0.39 is 11.7 Å². The van der Waals surface area contributed by atoms with Crippen molar-refractivity contribution in [2.45, 2.75) is 20.0 Å².